The molecule has 2 aliphatic rings. The molecule has 0 spiro atoms. The molecule has 2 rings (SSSR count). The Morgan fingerprint density at radius 1 is 1.19 bits per heavy atom. The minimum atomic E-state index is -0.779. The summed E-state index contributed by atoms with van der Waals surface area (Å²) in [6.45, 7) is 11.4. The Kier molecular flexibility index (Phi) is 9.08. The van der Waals surface area contributed by atoms with Gasteiger partial charge in [-0.3, -0.25) is 9.59 Å². The zero-order valence-corrected chi connectivity index (χ0v) is 20.5. The summed E-state index contributed by atoms with van der Waals surface area (Å²) in [6.07, 6.45) is 10.3. The first-order chi connectivity index (χ1) is 15.0. The Morgan fingerprint density at radius 2 is 1.84 bits per heavy atom. The number of aliphatic hydroxyl groups is 2. The molecule has 178 valence electrons. The summed E-state index contributed by atoms with van der Waals surface area (Å²) in [5.74, 6) is -1.31. The van der Waals surface area contributed by atoms with Crippen LogP contribution in [0.3, 0.4) is 0 Å². The van der Waals surface area contributed by atoms with Crippen LogP contribution in [0.5, 0.6) is 0 Å². The van der Waals surface area contributed by atoms with Gasteiger partial charge in [-0.1, -0.05) is 43.2 Å². The molecule has 32 heavy (non-hydrogen) atoms. The van der Waals surface area contributed by atoms with E-state index in [9.17, 15) is 19.8 Å². The van der Waals surface area contributed by atoms with Crippen LogP contribution in [0.2, 0.25) is 0 Å². The Labute approximate surface area is 192 Å². The van der Waals surface area contributed by atoms with Crippen molar-refractivity contribution in [1.29, 1.82) is 0 Å². The summed E-state index contributed by atoms with van der Waals surface area (Å²) >= 11 is 0. The minimum absolute atomic E-state index is 0.125. The van der Waals surface area contributed by atoms with Crippen molar-refractivity contribution in [3.63, 3.8) is 0 Å². The maximum atomic E-state index is 13.3. The Hall–Kier alpha value is -2.14. The second kappa shape index (κ2) is 11.1. The number of rotatable bonds is 3. The van der Waals surface area contributed by atoms with Crippen LogP contribution in [0.25, 0.3) is 0 Å². The van der Waals surface area contributed by atoms with Gasteiger partial charge >= 0.3 is 5.97 Å². The molecule has 0 bridgehead atoms. The number of carbonyl (C=O) groups is 2. The number of esters is 1. The van der Waals surface area contributed by atoms with E-state index in [1.807, 2.05) is 26.8 Å². The number of hydrogen-bond acceptors (Lipinski definition) is 5. The molecule has 0 aromatic rings. The van der Waals surface area contributed by atoms with Crippen molar-refractivity contribution in [2.45, 2.75) is 86.2 Å². The van der Waals surface area contributed by atoms with Gasteiger partial charge in [0.15, 0.2) is 5.76 Å². The quantitative estimate of drug-likeness (QED) is 0.427. The number of allylic oxidation sites excluding steroid dienone is 6. The average molecular weight is 445 g/mol. The van der Waals surface area contributed by atoms with Crippen molar-refractivity contribution in [2.75, 3.05) is 6.61 Å². The highest BCUT2D eigenvalue weighted by Crippen LogP contribution is 2.50. The number of hydrogen-bond donors (Lipinski definition) is 2. The van der Waals surface area contributed by atoms with E-state index in [1.165, 1.54) is 18.1 Å². The normalized spacial score (nSPS) is 34.1. The van der Waals surface area contributed by atoms with E-state index in [0.717, 1.165) is 24.8 Å². The number of ether oxygens (including phenoxy) is 1. The lowest BCUT2D eigenvalue weighted by molar-refractivity contribution is -0.141. The zero-order chi connectivity index (χ0) is 24.1. The number of carbonyl (C=O) groups excluding carboxylic acids is 2. The molecule has 0 saturated carbocycles. The monoisotopic (exact) mass is 444 g/mol. The van der Waals surface area contributed by atoms with Gasteiger partial charge in [0.2, 0.25) is 5.78 Å². The standard InChI is InChI=1S/C27H40O5/c1-17-8-7-9-18(2)14-15-27(6)22(12-11-19(3)23(29)13-10-17)24(25(30)26(27)31)20(4)16-32-21(5)28/h8,11,14,20,22-23,29-30H,7,9-10,12-13,15-16H2,1-6H3/b17-8+,18-14-,19-11+/t20-,22+,23-,27+/m1/s1. The fourth-order valence-electron chi connectivity index (χ4n) is 4.77. The average Bonchev–Trinajstić information content (AvgIpc) is 2.92. The Morgan fingerprint density at radius 3 is 2.50 bits per heavy atom. The Bertz CT molecular complexity index is 844. The molecule has 0 unspecified atom stereocenters. The largest absolute Gasteiger partial charge is 0.504 e. The fourth-order valence-corrected chi connectivity index (χ4v) is 4.77. The van der Waals surface area contributed by atoms with Gasteiger partial charge in [0, 0.05) is 24.2 Å². The highest BCUT2D eigenvalue weighted by atomic mass is 16.5. The molecule has 0 aliphatic heterocycles. The topological polar surface area (TPSA) is 83.8 Å². The molecule has 0 aromatic heterocycles. The first-order valence-electron chi connectivity index (χ1n) is 11.7. The van der Waals surface area contributed by atoms with Crippen molar-refractivity contribution >= 4 is 11.8 Å². The van der Waals surface area contributed by atoms with Crippen LogP contribution in [0.4, 0.5) is 0 Å². The van der Waals surface area contributed by atoms with Crippen molar-refractivity contribution in [3.8, 4) is 0 Å². The lowest BCUT2D eigenvalue weighted by Crippen LogP contribution is -2.32. The third-order valence-corrected chi connectivity index (χ3v) is 7.14. The van der Waals surface area contributed by atoms with E-state index in [-0.39, 0.29) is 36.0 Å². The predicted octanol–water partition coefficient (Wildman–Crippen LogP) is 5.76. The molecule has 2 aliphatic carbocycles. The molecule has 5 heteroatoms. The summed E-state index contributed by atoms with van der Waals surface area (Å²) in [4.78, 5) is 24.6. The van der Waals surface area contributed by atoms with Gasteiger partial charge in [-0.25, -0.2) is 0 Å². The van der Waals surface area contributed by atoms with Gasteiger partial charge in [0.25, 0.3) is 0 Å². The van der Waals surface area contributed by atoms with Crippen LogP contribution >= 0.6 is 0 Å². The highest BCUT2D eigenvalue weighted by molar-refractivity contribution is 6.02. The van der Waals surface area contributed by atoms with E-state index in [4.69, 9.17) is 4.74 Å². The van der Waals surface area contributed by atoms with Crippen molar-refractivity contribution in [3.05, 3.63) is 46.3 Å². The van der Waals surface area contributed by atoms with Crippen molar-refractivity contribution in [1.82, 2.24) is 0 Å². The summed E-state index contributed by atoms with van der Waals surface area (Å²) in [5.41, 5.74) is 3.27. The van der Waals surface area contributed by atoms with Crippen LogP contribution < -0.4 is 0 Å². The second-order valence-corrected chi connectivity index (χ2v) is 9.89. The third-order valence-electron chi connectivity index (χ3n) is 7.14. The maximum absolute atomic E-state index is 13.3. The van der Waals surface area contributed by atoms with E-state index in [0.29, 0.717) is 24.8 Å². The molecular weight excluding hydrogens is 404 g/mol. The Balaban J connectivity index is 2.45. The van der Waals surface area contributed by atoms with Gasteiger partial charge < -0.3 is 14.9 Å². The van der Waals surface area contributed by atoms with Crippen LogP contribution in [-0.4, -0.2) is 34.7 Å². The number of aliphatic hydroxyl groups excluding tert-OH is 2. The van der Waals surface area contributed by atoms with Crippen LogP contribution in [-0.2, 0) is 14.3 Å². The van der Waals surface area contributed by atoms with Gasteiger partial charge in [0.1, 0.15) is 0 Å². The minimum Gasteiger partial charge on any atom is -0.504 e. The van der Waals surface area contributed by atoms with Crippen molar-refractivity contribution in [2.24, 2.45) is 17.3 Å². The maximum Gasteiger partial charge on any atom is 0.302 e. The summed E-state index contributed by atoms with van der Waals surface area (Å²) in [5, 5.41) is 21.5. The third kappa shape index (κ3) is 6.22. The van der Waals surface area contributed by atoms with E-state index >= 15 is 0 Å². The van der Waals surface area contributed by atoms with Gasteiger partial charge in [-0.15, -0.1) is 0 Å². The number of ketones is 1. The molecular formula is C27H40O5. The molecule has 0 fully saturated rings. The van der Waals surface area contributed by atoms with Gasteiger partial charge in [0.05, 0.1) is 12.7 Å². The molecule has 0 heterocycles. The molecule has 0 saturated heterocycles. The van der Waals surface area contributed by atoms with E-state index in [2.05, 4.69) is 26.0 Å². The van der Waals surface area contributed by atoms with Gasteiger partial charge in [-0.2, -0.15) is 0 Å². The first-order valence-corrected chi connectivity index (χ1v) is 11.7. The lowest BCUT2D eigenvalue weighted by Gasteiger charge is -2.32. The molecule has 0 amide bonds. The summed E-state index contributed by atoms with van der Waals surface area (Å²) < 4.78 is 5.19. The SMILES string of the molecule is CC(=O)OC[C@@H](C)C1=C(O)C(=O)[C@@]2(C)C/C=C(/C)CC/C=C(\C)CC[C@@H](O)/C(C)=C/C[C@@H]12. The summed E-state index contributed by atoms with van der Waals surface area (Å²) in [7, 11) is 0. The summed E-state index contributed by atoms with van der Waals surface area (Å²) in [6, 6.07) is 0. The van der Waals surface area contributed by atoms with Crippen molar-refractivity contribution < 1.29 is 24.5 Å². The molecule has 0 aromatic carbocycles. The fraction of sp³-hybridized carbons (Fsp3) is 0.630. The van der Waals surface area contributed by atoms with Crippen LogP contribution in [0.15, 0.2) is 46.3 Å². The molecule has 5 nitrogen and oxygen atoms in total. The smallest absolute Gasteiger partial charge is 0.302 e. The van der Waals surface area contributed by atoms with Gasteiger partial charge in [-0.05, 0) is 70.4 Å². The number of fused-ring (bicyclic) bond motifs is 1. The molecule has 4 atom stereocenters. The lowest BCUT2D eigenvalue weighted by atomic mass is 9.70. The van der Waals surface area contributed by atoms with Crippen LogP contribution in [0.1, 0.15) is 80.1 Å². The molecule has 0 radical (unpaired) electrons. The second-order valence-electron chi connectivity index (χ2n) is 9.89. The predicted molar refractivity (Wildman–Crippen MR) is 127 cm³/mol. The molecule has 2 N–H and O–H groups in total. The first kappa shape index (κ1) is 26.1. The zero-order valence-electron chi connectivity index (χ0n) is 20.5. The van der Waals surface area contributed by atoms with E-state index in [1.54, 1.807) is 0 Å². The highest BCUT2D eigenvalue weighted by Gasteiger charge is 2.51. The van der Waals surface area contributed by atoms with E-state index < -0.39 is 11.5 Å². The van der Waals surface area contributed by atoms with Crippen LogP contribution in [0, 0.1) is 17.3 Å². The number of Topliss-reactive ketones (excluding diaryl/α,β-unsaturated/α-hetero) is 1.